The van der Waals surface area contributed by atoms with Gasteiger partial charge in [0.1, 0.15) is 0 Å². The van der Waals surface area contributed by atoms with E-state index in [0.717, 1.165) is 28.8 Å². The van der Waals surface area contributed by atoms with Crippen molar-refractivity contribution in [3.8, 4) is 11.4 Å². The molecule has 142 valence electrons. The molecule has 1 aliphatic rings. The molecule has 0 aliphatic carbocycles. The average molecular weight is 392 g/mol. The van der Waals surface area contributed by atoms with Crippen LogP contribution >= 0.6 is 11.8 Å². The minimum Gasteiger partial charge on any atom is -0.335 e. The number of nitrogen functional groups attached to an aromatic ring is 1. The van der Waals surface area contributed by atoms with E-state index in [1.807, 2.05) is 61.5 Å². The summed E-state index contributed by atoms with van der Waals surface area (Å²) in [6.45, 7) is 2.61. The Kier molecular flexibility index (Phi) is 5.12. The smallest absolute Gasteiger partial charge is 0.253 e. The van der Waals surface area contributed by atoms with Gasteiger partial charge in [-0.05, 0) is 12.5 Å². The van der Waals surface area contributed by atoms with Gasteiger partial charge in [-0.3, -0.25) is 4.79 Å². The first-order valence-electron chi connectivity index (χ1n) is 8.95. The predicted molar refractivity (Wildman–Crippen MR) is 110 cm³/mol. The maximum atomic E-state index is 12.5. The highest BCUT2D eigenvalue weighted by Crippen LogP contribution is 2.23. The molecule has 4 rings (SSSR count). The molecule has 2 heterocycles. The Morgan fingerprint density at radius 3 is 2.57 bits per heavy atom. The molecule has 0 saturated carbocycles. The maximum absolute atomic E-state index is 12.5. The number of nitrogens with two attached hydrogens (primary N) is 1. The second kappa shape index (κ2) is 7.85. The normalized spacial score (nSPS) is 13.6. The van der Waals surface area contributed by atoms with Gasteiger partial charge in [-0.1, -0.05) is 71.9 Å². The highest BCUT2D eigenvalue weighted by molar-refractivity contribution is 7.99. The van der Waals surface area contributed by atoms with Crippen molar-refractivity contribution in [1.29, 1.82) is 0 Å². The molecule has 3 aromatic rings. The van der Waals surface area contributed by atoms with Gasteiger partial charge in [0, 0.05) is 12.0 Å². The Hall–Kier alpha value is -3.13. The molecule has 1 amide bonds. The molecule has 8 heteroatoms. The van der Waals surface area contributed by atoms with Crippen LogP contribution in [0.25, 0.3) is 11.4 Å². The van der Waals surface area contributed by atoms with E-state index >= 15 is 0 Å². The van der Waals surface area contributed by atoms with Crippen molar-refractivity contribution >= 4 is 23.4 Å². The Morgan fingerprint density at radius 2 is 1.82 bits per heavy atom. The topological polar surface area (TPSA) is 89.4 Å². The van der Waals surface area contributed by atoms with Crippen LogP contribution in [0.5, 0.6) is 0 Å². The van der Waals surface area contributed by atoms with Gasteiger partial charge in [-0.2, -0.15) is 5.10 Å². The van der Waals surface area contributed by atoms with Gasteiger partial charge < -0.3 is 5.84 Å². The number of carbonyl (C=O) groups is 1. The van der Waals surface area contributed by atoms with Crippen LogP contribution in [0.1, 0.15) is 17.5 Å². The van der Waals surface area contributed by atoms with Crippen LogP contribution in [0.2, 0.25) is 0 Å². The molecule has 0 unspecified atom stereocenters. The fourth-order valence-corrected chi connectivity index (χ4v) is 3.67. The monoisotopic (exact) mass is 392 g/mol. The molecule has 0 spiro atoms. The van der Waals surface area contributed by atoms with Crippen LogP contribution in [0, 0.1) is 6.92 Å². The van der Waals surface area contributed by atoms with Gasteiger partial charge in [0.15, 0.2) is 5.82 Å². The van der Waals surface area contributed by atoms with E-state index < -0.39 is 0 Å². The maximum Gasteiger partial charge on any atom is 0.253 e. The zero-order valence-electron chi connectivity index (χ0n) is 15.4. The predicted octanol–water partition coefficient (Wildman–Crippen LogP) is 2.70. The number of benzene rings is 2. The zero-order valence-corrected chi connectivity index (χ0v) is 16.3. The van der Waals surface area contributed by atoms with Gasteiger partial charge in [0.05, 0.1) is 18.0 Å². The van der Waals surface area contributed by atoms with Crippen molar-refractivity contribution < 1.29 is 4.79 Å². The molecule has 1 aromatic heterocycles. The van der Waals surface area contributed by atoms with Crippen molar-refractivity contribution in [2.45, 2.75) is 18.5 Å². The number of aromatic nitrogens is 3. The number of thioether (sulfide) groups is 1. The number of hydrazone groups is 1. The van der Waals surface area contributed by atoms with Crippen molar-refractivity contribution in [2.75, 3.05) is 18.1 Å². The highest BCUT2D eigenvalue weighted by atomic mass is 32.2. The summed E-state index contributed by atoms with van der Waals surface area (Å²) in [5.41, 5.74) is 4.03. The molecule has 2 aromatic carbocycles. The van der Waals surface area contributed by atoms with Crippen LogP contribution in [-0.4, -0.2) is 43.8 Å². The minimum absolute atomic E-state index is 0.0733. The Labute approximate surface area is 167 Å². The van der Waals surface area contributed by atoms with Crippen molar-refractivity contribution in [3.63, 3.8) is 0 Å². The minimum atomic E-state index is -0.0733. The lowest BCUT2D eigenvalue weighted by Crippen LogP contribution is -2.25. The lowest BCUT2D eigenvalue weighted by molar-refractivity contribution is -0.127. The van der Waals surface area contributed by atoms with Crippen molar-refractivity contribution in [3.05, 3.63) is 65.7 Å². The summed E-state index contributed by atoms with van der Waals surface area (Å²) in [6.07, 6.45) is 0.755. The van der Waals surface area contributed by atoms with Crippen molar-refractivity contribution in [1.82, 2.24) is 19.9 Å². The zero-order chi connectivity index (χ0) is 19.5. The van der Waals surface area contributed by atoms with E-state index in [0.29, 0.717) is 17.5 Å². The Bertz CT molecular complexity index is 1010. The standard InChI is InChI=1S/C20H20N6OS/c1-14-7-9-16(10-8-14)19-22-23-20(26(19)21)28-13-18(27)25-12-11-17(24-25)15-5-3-2-4-6-15/h2-10H,11-13,21H2,1H3. The quantitative estimate of drug-likeness (QED) is 0.533. The first-order chi connectivity index (χ1) is 13.6. The summed E-state index contributed by atoms with van der Waals surface area (Å²) >= 11 is 1.26. The third-order valence-electron chi connectivity index (χ3n) is 4.50. The van der Waals surface area contributed by atoms with E-state index in [2.05, 4.69) is 15.3 Å². The molecule has 0 bridgehead atoms. The number of amides is 1. The van der Waals surface area contributed by atoms with Gasteiger partial charge in [-0.25, -0.2) is 9.69 Å². The van der Waals surface area contributed by atoms with Crippen LogP contribution in [0.15, 0.2) is 64.9 Å². The molecular weight excluding hydrogens is 372 g/mol. The fraction of sp³-hybridized carbons (Fsp3) is 0.200. The number of carbonyl (C=O) groups excluding carboxylic acids is 1. The summed E-state index contributed by atoms with van der Waals surface area (Å²) in [4.78, 5) is 12.5. The molecule has 7 nitrogen and oxygen atoms in total. The lowest BCUT2D eigenvalue weighted by atomic mass is 10.1. The van der Waals surface area contributed by atoms with E-state index in [4.69, 9.17) is 5.84 Å². The van der Waals surface area contributed by atoms with Gasteiger partial charge >= 0.3 is 0 Å². The molecule has 0 saturated heterocycles. The molecule has 2 N–H and O–H groups in total. The molecule has 1 aliphatic heterocycles. The first kappa shape index (κ1) is 18.2. The molecule has 28 heavy (non-hydrogen) atoms. The number of rotatable bonds is 5. The SMILES string of the molecule is Cc1ccc(-c2nnc(SCC(=O)N3CCC(c4ccccc4)=N3)n2N)cc1. The molecule has 0 radical (unpaired) electrons. The Morgan fingerprint density at radius 1 is 1.07 bits per heavy atom. The summed E-state index contributed by atoms with van der Waals surface area (Å²) in [6, 6.07) is 17.8. The van der Waals surface area contributed by atoms with Gasteiger partial charge in [0.2, 0.25) is 5.16 Å². The Balaban J connectivity index is 1.40. The summed E-state index contributed by atoms with van der Waals surface area (Å²) in [5, 5.41) is 14.8. The van der Waals surface area contributed by atoms with E-state index in [1.54, 1.807) is 0 Å². The van der Waals surface area contributed by atoms with E-state index in [-0.39, 0.29) is 11.7 Å². The van der Waals surface area contributed by atoms with Crippen LogP contribution < -0.4 is 5.84 Å². The molecular formula is C20H20N6OS. The summed E-state index contributed by atoms with van der Waals surface area (Å²) in [7, 11) is 0. The van der Waals surface area contributed by atoms with Crippen LogP contribution in [0.3, 0.4) is 0 Å². The lowest BCUT2D eigenvalue weighted by Gasteiger charge is -2.10. The highest BCUT2D eigenvalue weighted by Gasteiger charge is 2.22. The molecule has 0 fully saturated rings. The summed E-state index contributed by atoms with van der Waals surface area (Å²) in [5.74, 6) is 6.83. The number of nitrogens with zero attached hydrogens (tertiary/aromatic N) is 5. The third kappa shape index (κ3) is 3.77. The third-order valence-corrected chi connectivity index (χ3v) is 5.42. The molecule has 0 atom stereocenters. The van der Waals surface area contributed by atoms with Crippen molar-refractivity contribution in [2.24, 2.45) is 5.10 Å². The second-order valence-corrected chi connectivity index (χ2v) is 7.45. The second-order valence-electron chi connectivity index (χ2n) is 6.51. The van der Waals surface area contributed by atoms with Gasteiger partial charge in [0.25, 0.3) is 5.91 Å². The summed E-state index contributed by atoms with van der Waals surface area (Å²) < 4.78 is 1.42. The number of aryl methyl sites for hydroxylation is 1. The van der Waals surface area contributed by atoms with E-state index in [9.17, 15) is 4.79 Å². The largest absolute Gasteiger partial charge is 0.335 e. The average Bonchev–Trinajstić information content (AvgIpc) is 3.35. The fourth-order valence-electron chi connectivity index (χ4n) is 2.95. The van der Waals surface area contributed by atoms with E-state index in [1.165, 1.54) is 21.4 Å². The number of hydrogen-bond donors (Lipinski definition) is 1. The number of hydrogen-bond acceptors (Lipinski definition) is 6. The van der Waals surface area contributed by atoms with Gasteiger partial charge in [-0.15, -0.1) is 10.2 Å². The van der Waals surface area contributed by atoms with Crippen LogP contribution in [0.4, 0.5) is 0 Å². The van der Waals surface area contributed by atoms with Crippen LogP contribution in [-0.2, 0) is 4.79 Å². The first-order valence-corrected chi connectivity index (χ1v) is 9.94.